The topological polar surface area (TPSA) is 161 Å². The van der Waals surface area contributed by atoms with Crippen LogP contribution < -0.4 is 0 Å². The van der Waals surface area contributed by atoms with Crippen LogP contribution in [0.1, 0.15) is 183 Å². The third-order valence-electron chi connectivity index (χ3n) is 21.6. The van der Waals surface area contributed by atoms with Crippen molar-refractivity contribution in [2.45, 2.75) is 185 Å². The molecule has 2 aromatic carbocycles. The van der Waals surface area contributed by atoms with E-state index in [9.17, 15) is 19.8 Å². The highest BCUT2D eigenvalue weighted by Gasteiger charge is 2.94. The van der Waals surface area contributed by atoms with Crippen LogP contribution in [0.25, 0.3) is 0 Å². The number of carbonyl (C=O) groups is 6. The maximum Gasteiger partial charge on any atom is 0.192 e. The van der Waals surface area contributed by atoms with Crippen molar-refractivity contribution in [2.24, 2.45) is 67.0 Å². The van der Waals surface area contributed by atoms with Gasteiger partial charge in [0.2, 0.25) is 0 Å². The molecule has 76 heavy (non-hydrogen) atoms. The lowest BCUT2D eigenvalue weighted by molar-refractivity contribution is -0.325. The minimum absolute atomic E-state index is 0.127. The van der Waals surface area contributed by atoms with Crippen LogP contribution in [0.2, 0.25) is 0 Å². The Morgan fingerprint density at radius 2 is 0.763 bits per heavy atom. The molecule has 0 unspecified atom stereocenters. The van der Waals surface area contributed by atoms with Crippen LogP contribution in [0.5, 0.6) is 0 Å². The second-order valence-electron chi connectivity index (χ2n) is 27.8. The van der Waals surface area contributed by atoms with E-state index in [1.165, 1.54) is 0 Å². The van der Waals surface area contributed by atoms with Crippen molar-refractivity contribution in [2.75, 3.05) is 0 Å². The molecular weight excluding hydrogens is 953 g/mol. The van der Waals surface area contributed by atoms with Gasteiger partial charge in [-0.1, -0.05) is 135 Å². The van der Waals surface area contributed by atoms with E-state index in [0.29, 0.717) is 36.8 Å². The van der Waals surface area contributed by atoms with Crippen molar-refractivity contribution in [3.05, 3.63) is 118 Å². The lowest BCUT2D eigenvalue weighted by Crippen LogP contribution is -2.80. The first-order chi connectivity index (χ1) is 35.1. The van der Waals surface area contributed by atoms with Crippen LogP contribution in [0.15, 0.2) is 107 Å². The van der Waals surface area contributed by atoms with E-state index in [0.717, 1.165) is 22.3 Å². The molecule has 0 radical (unpaired) electrons. The van der Waals surface area contributed by atoms with E-state index < -0.39 is 101 Å². The average Bonchev–Trinajstić information content (AvgIpc) is 3.52. The minimum Gasteiger partial charge on any atom is -0.364 e. The molecule has 8 aliphatic carbocycles. The van der Waals surface area contributed by atoms with Gasteiger partial charge in [-0.3, -0.25) is 28.8 Å². The number of rotatable bonds is 12. The molecule has 12 rings (SSSR count). The largest absolute Gasteiger partial charge is 0.364 e. The minimum atomic E-state index is -2.02. The van der Waals surface area contributed by atoms with E-state index in [1.807, 2.05) is 147 Å². The number of hydrogen-bond acceptors (Lipinski definition) is 10. The summed E-state index contributed by atoms with van der Waals surface area (Å²) in [5.41, 5.74) is -8.31. The third-order valence-corrected chi connectivity index (χ3v) is 21.6. The van der Waals surface area contributed by atoms with E-state index >= 15 is 19.2 Å². The van der Waals surface area contributed by atoms with Crippen LogP contribution >= 0.6 is 0 Å². The molecule has 2 N–H and O–H groups in total. The molecular formula is C66H84O10. The van der Waals surface area contributed by atoms with Crippen molar-refractivity contribution in [3.63, 3.8) is 0 Å². The molecule has 2 aromatic rings. The summed E-state index contributed by atoms with van der Waals surface area (Å²) in [5, 5.41) is 25.9. The molecule has 0 amide bonds. The van der Waals surface area contributed by atoms with Gasteiger partial charge in [0.25, 0.3) is 0 Å². The summed E-state index contributed by atoms with van der Waals surface area (Å²) in [6, 6.07) is 17.5. The Morgan fingerprint density at radius 3 is 1.05 bits per heavy atom. The first kappa shape index (κ1) is 56.0. The van der Waals surface area contributed by atoms with Gasteiger partial charge in [-0.2, -0.15) is 0 Å². The van der Waals surface area contributed by atoms with Crippen molar-refractivity contribution in [3.8, 4) is 0 Å². The maximum absolute atomic E-state index is 15.4. The number of ketones is 6. The maximum atomic E-state index is 15.4. The Morgan fingerprint density at radius 1 is 0.474 bits per heavy atom. The van der Waals surface area contributed by atoms with Crippen LogP contribution in [-0.2, 0) is 28.7 Å². The summed E-state index contributed by atoms with van der Waals surface area (Å²) in [7, 11) is 0. The number of allylic oxidation sites excluding steroid dienone is 8. The number of aliphatic hydroxyl groups is 2. The molecule has 12 bridgehead atoms. The van der Waals surface area contributed by atoms with Gasteiger partial charge in [-0.15, -0.1) is 0 Å². The highest BCUT2D eigenvalue weighted by molar-refractivity contribution is 6.35. The lowest BCUT2D eigenvalue weighted by atomic mass is 9.35. The number of ether oxygens (including phenoxy) is 2. The van der Waals surface area contributed by atoms with Crippen molar-refractivity contribution >= 4 is 34.7 Å². The lowest BCUT2D eigenvalue weighted by Gasteiger charge is -2.65. The Balaban J connectivity index is 0.000000186. The SMILES string of the molecule is CC(C)=CC[C@]12C[C@@H]3C[C@@H]4C(C)(C)O[C@@]1(O)[C@]4(CC=C(C)C)C(=O)[C@](C(=O)c1ccccc1)(C2=O)C3(C)C.CC(C)=CC[C@]12C[C@@H]3C[C@@H]4C(C)(C)O[C@@]1(O)[C@]4(CC=C(C)C)C(=O)[C@](C(=O)c1ccccc1)(C2=O)C3(C)C. The molecule has 0 aromatic heterocycles. The molecule has 0 spiro atoms. The van der Waals surface area contributed by atoms with Gasteiger partial charge in [-0.05, 0) is 157 Å². The highest BCUT2D eigenvalue weighted by Crippen LogP contribution is 2.82. The first-order valence-corrected chi connectivity index (χ1v) is 27.9. The molecule has 8 saturated carbocycles. The highest BCUT2D eigenvalue weighted by atomic mass is 16.7. The fourth-order valence-corrected chi connectivity index (χ4v) is 17.7. The smallest absolute Gasteiger partial charge is 0.192 e. The summed E-state index contributed by atoms with van der Waals surface area (Å²) in [6.45, 7) is 31.2. The Labute approximate surface area is 451 Å². The monoisotopic (exact) mass is 1040 g/mol. The molecule has 12 atom stereocenters. The van der Waals surface area contributed by atoms with Crippen LogP contribution in [0.3, 0.4) is 0 Å². The van der Waals surface area contributed by atoms with Gasteiger partial charge in [-0.25, -0.2) is 0 Å². The normalized spacial score (nSPS) is 39.6. The predicted molar refractivity (Wildman–Crippen MR) is 293 cm³/mol. The summed E-state index contributed by atoms with van der Waals surface area (Å²) >= 11 is 0. The van der Waals surface area contributed by atoms with Crippen LogP contribution in [0.4, 0.5) is 0 Å². The Kier molecular flexibility index (Phi) is 12.8. The first-order valence-electron chi connectivity index (χ1n) is 27.9. The zero-order valence-electron chi connectivity index (χ0n) is 48.2. The Bertz CT molecular complexity index is 2750. The summed E-state index contributed by atoms with van der Waals surface area (Å²) in [5.74, 6) is -7.68. The molecule has 10 fully saturated rings. The van der Waals surface area contributed by atoms with Crippen molar-refractivity contribution < 1.29 is 48.5 Å². The van der Waals surface area contributed by atoms with Crippen molar-refractivity contribution in [1.82, 2.24) is 0 Å². The fourth-order valence-electron chi connectivity index (χ4n) is 17.7. The van der Waals surface area contributed by atoms with Gasteiger partial charge in [0.05, 0.1) is 32.9 Å². The third kappa shape index (κ3) is 6.47. The number of hydrogen-bond donors (Lipinski definition) is 2. The van der Waals surface area contributed by atoms with Gasteiger partial charge in [0.15, 0.2) is 57.1 Å². The molecule has 10 aliphatic rings. The van der Waals surface area contributed by atoms with Crippen LogP contribution in [0, 0.1) is 67.0 Å². The quantitative estimate of drug-likeness (QED) is 0.119. The zero-order chi connectivity index (χ0) is 56.2. The number of benzene rings is 2. The van der Waals surface area contributed by atoms with Gasteiger partial charge >= 0.3 is 0 Å². The summed E-state index contributed by atoms with van der Waals surface area (Å²) < 4.78 is 13.3. The molecule has 408 valence electrons. The molecule has 2 aliphatic heterocycles. The van der Waals surface area contributed by atoms with Crippen LogP contribution in [-0.4, -0.2) is 67.7 Å². The molecule has 2 heterocycles. The zero-order valence-corrected chi connectivity index (χ0v) is 48.2. The average molecular weight is 1040 g/mol. The molecule has 2 saturated heterocycles. The van der Waals surface area contributed by atoms with E-state index in [1.54, 1.807) is 48.5 Å². The van der Waals surface area contributed by atoms with Gasteiger partial charge < -0.3 is 19.7 Å². The van der Waals surface area contributed by atoms with E-state index in [-0.39, 0.29) is 49.4 Å². The number of carbonyl (C=O) groups excluding carboxylic acids is 6. The second-order valence-corrected chi connectivity index (χ2v) is 27.8. The predicted octanol–water partition coefficient (Wildman–Crippen LogP) is 12.5. The molecule has 10 heteroatoms. The van der Waals surface area contributed by atoms with Gasteiger partial charge in [0.1, 0.15) is 0 Å². The van der Waals surface area contributed by atoms with E-state index in [4.69, 9.17) is 9.47 Å². The number of Topliss-reactive ketones (excluding diaryl/α,β-unsaturated/α-hetero) is 6. The van der Waals surface area contributed by atoms with E-state index in [2.05, 4.69) is 0 Å². The van der Waals surface area contributed by atoms with Gasteiger partial charge in [0, 0.05) is 23.0 Å². The van der Waals surface area contributed by atoms with Crippen molar-refractivity contribution in [1.29, 1.82) is 0 Å². The summed E-state index contributed by atoms with van der Waals surface area (Å²) in [4.78, 5) is 90.7. The fraction of sp³-hybridized carbons (Fsp3) is 0.606. The standard InChI is InChI=1S/2C33H42O5/c2*1-20(2)14-16-30-19-23-18-24-29(7,8)38-33(30,37)31(24,17-15-21(3)4)27(36)32(26(30)35,28(23,5)6)25(34)22-12-10-9-11-13-22/h2*9-15,23-24,37H,16-19H2,1-8H3/t2*23-,24+,30+,31-,32-,33+/m00/s1. The Hall–Kier alpha value is -4.74. The molecule has 10 nitrogen and oxygen atoms in total. The second kappa shape index (κ2) is 17.4. The summed E-state index contributed by atoms with van der Waals surface area (Å²) in [6.07, 6.45) is 10.8.